The summed E-state index contributed by atoms with van der Waals surface area (Å²) in [5.41, 5.74) is 5.72. The fourth-order valence-electron chi connectivity index (χ4n) is 3.19. The van der Waals surface area contributed by atoms with Gasteiger partial charge in [-0.2, -0.15) is 0 Å². The monoisotopic (exact) mass is 473 g/mol. The van der Waals surface area contributed by atoms with Gasteiger partial charge < -0.3 is 10.4 Å². The standard InChI is InChI=1S/C25H29NOP.ClH.Ti/c1-17-10-9-11-19(16-26-21-12-7-6-8-13-21)24(17)28-22-15-20(25(3,4)5)14-18(2)23(22)27;;/h6-15,27-28H,16H2,1-5H3;1H;/q-1;;+2/p-1. The van der Waals surface area contributed by atoms with E-state index in [2.05, 4.69) is 67.3 Å². The van der Waals surface area contributed by atoms with Gasteiger partial charge in [-0.15, -0.1) is 12.2 Å². The number of benzene rings is 3. The van der Waals surface area contributed by atoms with Gasteiger partial charge in [0, 0.05) is 5.30 Å². The van der Waals surface area contributed by atoms with Gasteiger partial charge in [-0.05, 0) is 47.3 Å². The SMILES string of the molecule is Cc1cc(C(C)(C)C)cc(Pc2c(C)cccc2C[N-]c2ccccc2)c1O.[Cl][Ti+]. The summed E-state index contributed by atoms with van der Waals surface area (Å²) in [6.45, 7) is 11.4. The number of rotatable bonds is 5. The molecule has 0 aromatic heterocycles. The Kier molecular flexibility index (Phi) is 9.44. The molecule has 0 spiro atoms. The molecule has 0 aliphatic carbocycles. The van der Waals surface area contributed by atoms with E-state index in [0.717, 1.165) is 16.6 Å². The molecule has 0 fully saturated rings. The Labute approximate surface area is 198 Å². The third kappa shape index (κ3) is 6.59. The number of halogens is 1. The van der Waals surface area contributed by atoms with Gasteiger partial charge in [0.25, 0.3) is 0 Å². The summed E-state index contributed by atoms with van der Waals surface area (Å²) >= 11 is 1.47. The number of nitrogens with zero attached hydrogens (tertiary/aromatic N) is 1. The fourth-order valence-corrected chi connectivity index (χ4v) is 4.61. The summed E-state index contributed by atoms with van der Waals surface area (Å²) in [6.07, 6.45) is 0. The van der Waals surface area contributed by atoms with Gasteiger partial charge in [0.05, 0.1) is 0 Å². The number of phenolic OH excluding ortho intramolecular Hbond substituents is 1. The van der Waals surface area contributed by atoms with Gasteiger partial charge in [-0.3, -0.25) is 0 Å². The van der Waals surface area contributed by atoms with E-state index in [-0.39, 0.29) is 5.41 Å². The summed E-state index contributed by atoms with van der Waals surface area (Å²) in [6, 6.07) is 20.7. The molecule has 5 heteroatoms. The van der Waals surface area contributed by atoms with Crippen molar-refractivity contribution in [2.75, 3.05) is 0 Å². The van der Waals surface area contributed by atoms with Crippen LogP contribution < -0.4 is 10.6 Å². The number of hydrogen-bond acceptors (Lipinski definition) is 1. The summed E-state index contributed by atoms with van der Waals surface area (Å²) < 4.78 is 0. The number of phenols is 1. The van der Waals surface area contributed by atoms with Crippen molar-refractivity contribution >= 4 is 34.2 Å². The Morgan fingerprint density at radius 3 is 2.23 bits per heavy atom. The molecular formula is C25H29ClNOPTi. The fraction of sp³-hybridized carbons (Fsp3) is 0.280. The van der Waals surface area contributed by atoms with Crippen LogP contribution in [0.3, 0.4) is 0 Å². The van der Waals surface area contributed by atoms with Crippen molar-refractivity contribution in [1.29, 1.82) is 0 Å². The first-order valence-corrected chi connectivity index (χ1v) is 13.0. The topological polar surface area (TPSA) is 34.3 Å². The van der Waals surface area contributed by atoms with Crippen LogP contribution in [0.5, 0.6) is 5.75 Å². The van der Waals surface area contributed by atoms with E-state index in [4.69, 9.17) is 5.32 Å². The molecule has 0 saturated heterocycles. The van der Waals surface area contributed by atoms with Crippen LogP contribution >= 0.6 is 17.9 Å². The molecule has 156 valence electrons. The molecule has 3 aromatic rings. The third-order valence-electron chi connectivity index (χ3n) is 4.97. The van der Waals surface area contributed by atoms with Crippen LogP contribution in [-0.2, 0) is 31.3 Å². The number of hydrogen-bond donors (Lipinski definition) is 1. The molecule has 3 rings (SSSR count). The maximum atomic E-state index is 10.7. The molecule has 1 N–H and O–H groups in total. The van der Waals surface area contributed by atoms with Gasteiger partial charge in [-0.1, -0.05) is 89.5 Å². The number of para-hydroxylation sites is 1. The van der Waals surface area contributed by atoms with E-state index >= 15 is 0 Å². The normalized spacial score (nSPS) is 11.2. The van der Waals surface area contributed by atoms with Crippen LogP contribution in [0.2, 0.25) is 0 Å². The Balaban J connectivity index is 0.00000155. The van der Waals surface area contributed by atoms with Crippen molar-refractivity contribution in [3.8, 4) is 5.75 Å². The Morgan fingerprint density at radius 2 is 1.60 bits per heavy atom. The second kappa shape index (κ2) is 11.4. The Bertz CT molecular complexity index is 971. The molecule has 0 heterocycles. The first-order chi connectivity index (χ1) is 14.3. The van der Waals surface area contributed by atoms with Crippen LogP contribution in [0.15, 0.2) is 60.7 Å². The molecule has 30 heavy (non-hydrogen) atoms. The molecule has 0 saturated carbocycles. The average molecular weight is 474 g/mol. The van der Waals surface area contributed by atoms with Crippen molar-refractivity contribution in [2.24, 2.45) is 0 Å². The van der Waals surface area contributed by atoms with Crippen LogP contribution in [0, 0.1) is 13.8 Å². The predicted octanol–water partition coefficient (Wildman–Crippen LogP) is 6.83. The average Bonchev–Trinajstić information content (AvgIpc) is 2.73. The zero-order chi connectivity index (χ0) is 22.3. The molecule has 3 aromatic carbocycles. The summed E-state index contributed by atoms with van der Waals surface area (Å²) in [4.78, 5) is 0. The minimum atomic E-state index is 0.0505. The zero-order valence-corrected chi connectivity index (χ0v) is 21.6. The summed E-state index contributed by atoms with van der Waals surface area (Å²) in [5, 5.41) is 17.8. The van der Waals surface area contributed by atoms with E-state index in [1.807, 2.05) is 37.3 Å². The molecule has 0 radical (unpaired) electrons. The van der Waals surface area contributed by atoms with E-state index in [1.165, 1.54) is 41.4 Å². The second-order valence-electron chi connectivity index (χ2n) is 8.33. The van der Waals surface area contributed by atoms with Gasteiger partial charge >= 0.3 is 28.7 Å². The van der Waals surface area contributed by atoms with Gasteiger partial charge in [0.15, 0.2) is 0 Å². The van der Waals surface area contributed by atoms with Gasteiger partial charge in [0.1, 0.15) is 5.75 Å². The quantitative estimate of drug-likeness (QED) is 0.320. The molecule has 0 aliphatic heterocycles. The maximum absolute atomic E-state index is 10.7. The van der Waals surface area contributed by atoms with Crippen LogP contribution in [0.1, 0.15) is 43.0 Å². The Morgan fingerprint density at radius 1 is 0.933 bits per heavy atom. The van der Waals surface area contributed by atoms with Crippen molar-refractivity contribution in [1.82, 2.24) is 0 Å². The first-order valence-electron chi connectivity index (χ1n) is 9.87. The number of aryl methyl sites for hydroxylation is 2. The van der Waals surface area contributed by atoms with Crippen molar-refractivity contribution in [3.05, 3.63) is 88.2 Å². The van der Waals surface area contributed by atoms with Crippen molar-refractivity contribution in [3.63, 3.8) is 0 Å². The molecule has 1 unspecified atom stereocenters. The van der Waals surface area contributed by atoms with Crippen LogP contribution in [-0.4, -0.2) is 5.11 Å². The van der Waals surface area contributed by atoms with E-state index in [9.17, 15) is 5.11 Å². The van der Waals surface area contributed by atoms with Crippen LogP contribution in [0.4, 0.5) is 5.69 Å². The van der Waals surface area contributed by atoms with Crippen LogP contribution in [0.25, 0.3) is 5.32 Å². The summed E-state index contributed by atoms with van der Waals surface area (Å²) in [7, 11) is 5.04. The van der Waals surface area contributed by atoms with E-state index in [0.29, 0.717) is 20.9 Å². The van der Waals surface area contributed by atoms with Crippen molar-refractivity contribution < 1.29 is 24.5 Å². The molecule has 2 nitrogen and oxygen atoms in total. The van der Waals surface area contributed by atoms with Gasteiger partial charge in [0.2, 0.25) is 0 Å². The molecule has 0 bridgehead atoms. The first kappa shape index (κ1) is 25.0. The predicted molar refractivity (Wildman–Crippen MR) is 129 cm³/mol. The van der Waals surface area contributed by atoms with Crippen molar-refractivity contribution in [2.45, 2.75) is 46.6 Å². The molecule has 0 aliphatic rings. The molecular weight excluding hydrogens is 445 g/mol. The molecule has 0 amide bonds. The Hall–Kier alpha value is -1.31. The van der Waals surface area contributed by atoms with Gasteiger partial charge in [-0.25, -0.2) is 0 Å². The van der Waals surface area contributed by atoms with E-state index in [1.54, 1.807) is 0 Å². The zero-order valence-electron chi connectivity index (χ0n) is 18.3. The third-order valence-corrected chi connectivity index (χ3v) is 6.59. The number of aromatic hydroxyl groups is 1. The second-order valence-corrected chi connectivity index (χ2v) is 9.61. The molecule has 1 atom stereocenters. The van der Waals surface area contributed by atoms with E-state index < -0.39 is 0 Å². The summed E-state index contributed by atoms with van der Waals surface area (Å²) in [5.74, 6) is 0.417. The minimum absolute atomic E-state index is 0.0505.